The molecule has 23 heavy (non-hydrogen) atoms. The first-order chi connectivity index (χ1) is 11.1. The molecule has 1 atom stereocenters. The summed E-state index contributed by atoms with van der Waals surface area (Å²) in [4.78, 5) is 26.2. The van der Waals surface area contributed by atoms with Crippen LogP contribution < -0.4 is 0 Å². The standard InChI is InChI=1S/C18H25NO4/c1-14(18(21)22-2)13-19(15-7-4-3-5-8-15)17(20)11-10-16-9-6-12-23-16/h6,9-12,14-15H,3-5,7-8,13H2,1-2H3/b11-10+. The molecule has 0 N–H and O–H groups in total. The van der Waals surface area contributed by atoms with Crippen molar-refractivity contribution in [3.8, 4) is 0 Å². The fourth-order valence-electron chi connectivity index (χ4n) is 3.02. The molecule has 0 aromatic carbocycles. The Morgan fingerprint density at radius 2 is 2.13 bits per heavy atom. The molecule has 1 saturated carbocycles. The minimum Gasteiger partial charge on any atom is -0.469 e. The summed E-state index contributed by atoms with van der Waals surface area (Å²) >= 11 is 0. The molecular weight excluding hydrogens is 294 g/mol. The van der Waals surface area contributed by atoms with Crippen LogP contribution in [0.25, 0.3) is 6.08 Å². The molecule has 1 amide bonds. The van der Waals surface area contributed by atoms with Gasteiger partial charge >= 0.3 is 5.97 Å². The first-order valence-electron chi connectivity index (χ1n) is 8.22. The van der Waals surface area contributed by atoms with Crippen LogP contribution in [-0.2, 0) is 14.3 Å². The number of nitrogens with zero attached hydrogens (tertiary/aromatic N) is 1. The van der Waals surface area contributed by atoms with Crippen LogP contribution in [0.3, 0.4) is 0 Å². The van der Waals surface area contributed by atoms with Crippen LogP contribution in [0.15, 0.2) is 28.9 Å². The molecule has 0 radical (unpaired) electrons. The average Bonchev–Trinajstić information content (AvgIpc) is 3.10. The van der Waals surface area contributed by atoms with E-state index in [-0.39, 0.29) is 23.8 Å². The number of carbonyl (C=O) groups excluding carboxylic acids is 2. The zero-order chi connectivity index (χ0) is 16.7. The van der Waals surface area contributed by atoms with Crippen LogP contribution in [0.4, 0.5) is 0 Å². The lowest BCUT2D eigenvalue weighted by Crippen LogP contribution is -2.44. The molecule has 1 fully saturated rings. The smallest absolute Gasteiger partial charge is 0.310 e. The first-order valence-corrected chi connectivity index (χ1v) is 8.22. The number of carbonyl (C=O) groups is 2. The van der Waals surface area contributed by atoms with Gasteiger partial charge < -0.3 is 14.1 Å². The van der Waals surface area contributed by atoms with Crippen LogP contribution in [0.1, 0.15) is 44.8 Å². The molecular formula is C18H25NO4. The normalized spacial score (nSPS) is 17.1. The maximum Gasteiger partial charge on any atom is 0.310 e. The number of hydrogen-bond donors (Lipinski definition) is 0. The Hall–Kier alpha value is -2.04. The molecule has 1 aromatic heterocycles. The monoisotopic (exact) mass is 319 g/mol. The molecule has 1 aliphatic rings. The Kier molecular flexibility index (Phi) is 6.44. The number of furan rings is 1. The maximum atomic E-state index is 12.6. The van der Waals surface area contributed by atoms with E-state index < -0.39 is 0 Å². The number of esters is 1. The van der Waals surface area contributed by atoms with Crippen LogP contribution >= 0.6 is 0 Å². The summed E-state index contributed by atoms with van der Waals surface area (Å²) in [6.45, 7) is 2.18. The van der Waals surface area contributed by atoms with Crippen LogP contribution in [0.2, 0.25) is 0 Å². The van der Waals surface area contributed by atoms with Gasteiger partial charge in [-0.1, -0.05) is 26.2 Å². The molecule has 126 valence electrons. The van der Waals surface area contributed by atoms with Gasteiger partial charge in [0.15, 0.2) is 0 Å². The van der Waals surface area contributed by atoms with Crippen LogP contribution in [-0.4, -0.2) is 36.5 Å². The summed E-state index contributed by atoms with van der Waals surface area (Å²) in [7, 11) is 1.38. The summed E-state index contributed by atoms with van der Waals surface area (Å²) in [5.74, 6) is -0.0523. The maximum absolute atomic E-state index is 12.6. The number of hydrogen-bond acceptors (Lipinski definition) is 4. The molecule has 1 aliphatic carbocycles. The predicted molar refractivity (Wildman–Crippen MR) is 87.5 cm³/mol. The van der Waals surface area contributed by atoms with Gasteiger partial charge in [0.1, 0.15) is 5.76 Å². The second-order valence-corrected chi connectivity index (χ2v) is 6.06. The lowest BCUT2D eigenvalue weighted by molar-refractivity contribution is -0.146. The van der Waals surface area contributed by atoms with E-state index in [0.717, 1.165) is 25.7 Å². The predicted octanol–water partition coefficient (Wildman–Crippen LogP) is 3.26. The third kappa shape index (κ3) is 4.98. The van der Waals surface area contributed by atoms with Crippen molar-refractivity contribution in [1.82, 2.24) is 4.90 Å². The highest BCUT2D eigenvalue weighted by Gasteiger charge is 2.27. The van der Waals surface area contributed by atoms with Gasteiger partial charge in [0.2, 0.25) is 5.91 Å². The summed E-state index contributed by atoms with van der Waals surface area (Å²) < 4.78 is 10.0. The molecule has 2 rings (SSSR count). The van der Waals surface area contributed by atoms with Crippen molar-refractivity contribution >= 4 is 18.0 Å². The Morgan fingerprint density at radius 1 is 1.39 bits per heavy atom. The van der Waals surface area contributed by atoms with Crippen molar-refractivity contribution in [3.63, 3.8) is 0 Å². The molecule has 0 spiro atoms. The third-order valence-corrected chi connectivity index (χ3v) is 4.31. The zero-order valence-electron chi connectivity index (χ0n) is 13.9. The Balaban J connectivity index is 2.07. The molecule has 5 nitrogen and oxygen atoms in total. The topological polar surface area (TPSA) is 59.8 Å². The minimum absolute atomic E-state index is 0.0796. The zero-order valence-corrected chi connectivity index (χ0v) is 13.9. The SMILES string of the molecule is COC(=O)C(C)CN(C(=O)/C=C/c1ccco1)C1CCCCC1. The molecule has 0 aliphatic heterocycles. The molecule has 5 heteroatoms. The van der Waals surface area contributed by atoms with Crippen molar-refractivity contribution in [2.75, 3.05) is 13.7 Å². The van der Waals surface area contributed by atoms with Gasteiger partial charge in [-0.05, 0) is 31.1 Å². The van der Waals surface area contributed by atoms with E-state index in [0.29, 0.717) is 12.3 Å². The first kappa shape index (κ1) is 17.3. The van der Waals surface area contributed by atoms with E-state index in [1.165, 1.54) is 19.6 Å². The van der Waals surface area contributed by atoms with Crippen LogP contribution in [0, 0.1) is 5.92 Å². The molecule has 1 heterocycles. The summed E-state index contributed by atoms with van der Waals surface area (Å²) in [5, 5.41) is 0. The van der Waals surface area contributed by atoms with Crippen molar-refractivity contribution in [2.45, 2.75) is 45.1 Å². The number of rotatable bonds is 6. The second kappa shape index (κ2) is 8.56. The van der Waals surface area contributed by atoms with Crippen molar-refractivity contribution in [2.24, 2.45) is 5.92 Å². The van der Waals surface area contributed by atoms with Gasteiger partial charge in [0, 0.05) is 18.7 Å². The van der Waals surface area contributed by atoms with Crippen LogP contribution in [0.5, 0.6) is 0 Å². The minimum atomic E-state index is -0.331. The van der Waals surface area contributed by atoms with Gasteiger partial charge in [-0.25, -0.2) is 0 Å². The highest BCUT2D eigenvalue weighted by atomic mass is 16.5. The summed E-state index contributed by atoms with van der Waals surface area (Å²) in [6, 6.07) is 3.78. The molecule has 0 bridgehead atoms. The van der Waals surface area contributed by atoms with Crippen molar-refractivity contribution < 1.29 is 18.7 Å². The number of methoxy groups -OCH3 is 1. The Labute approximate surface area is 137 Å². The number of ether oxygens (including phenoxy) is 1. The lowest BCUT2D eigenvalue weighted by atomic mass is 9.93. The number of amides is 1. The summed E-state index contributed by atoms with van der Waals surface area (Å²) in [6.07, 6.45) is 10.2. The van der Waals surface area contributed by atoms with E-state index in [1.54, 1.807) is 31.4 Å². The van der Waals surface area contributed by atoms with Gasteiger partial charge in [0.05, 0.1) is 19.3 Å². The van der Waals surface area contributed by atoms with E-state index in [4.69, 9.17) is 9.15 Å². The quantitative estimate of drug-likeness (QED) is 0.596. The van der Waals surface area contributed by atoms with Crippen molar-refractivity contribution in [3.05, 3.63) is 30.2 Å². The fourth-order valence-corrected chi connectivity index (χ4v) is 3.02. The third-order valence-electron chi connectivity index (χ3n) is 4.31. The lowest BCUT2D eigenvalue weighted by Gasteiger charge is -2.35. The van der Waals surface area contributed by atoms with E-state index in [1.807, 2.05) is 4.90 Å². The largest absolute Gasteiger partial charge is 0.469 e. The average molecular weight is 319 g/mol. The fraction of sp³-hybridized carbons (Fsp3) is 0.556. The Morgan fingerprint density at radius 3 is 2.74 bits per heavy atom. The molecule has 0 saturated heterocycles. The molecule has 1 unspecified atom stereocenters. The van der Waals surface area contributed by atoms with Gasteiger partial charge in [-0.3, -0.25) is 9.59 Å². The van der Waals surface area contributed by atoms with E-state index in [2.05, 4.69) is 0 Å². The van der Waals surface area contributed by atoms with Gasteiger partial charge in [0.25, 0.3) is 0 Å². The highest BCUT2D eigenvalue weighted by Crippen LogP contribution is 2.24. The van der Waals surface area contributed by atoms with Gasteiger partial charge in [-0.15, -0.1) is 0 Å². The summed E-state index contributed by atoms with van der Waals surface area (Å²) in [5.41, 5.74) is 0. The van der Waals surface area contributed by atoms with E-state index >= 15 is 0 Å². The van der Waals surface area contributed by atoms with Gasteiger partial charge in [-0.2, -0.15) is 0 Å². The van der Waals surface area contributed by atoms with Crippen molar-refractivity contribution in [1.29, 1.82) is 0 Å². The van der Waals surface area contributed by atoms with E-state index in [9.17, 15) is 9.59 Å². The highest BCUT2D eigenvalue weighted by molar-refractivity contribution is 5.92. The Bertz CT molecular complexity index is 529. The molecule has 1 aromatic rings. The second-order valence-electron chi connectivity index (χ2n) is 6.06.